The molecule has 0 radical (unpaired) electrons. The molecular weight excluding hydrogens is 866 g/mol. The van der Waals surface area contributed by atoms with E-state index in [1.54, 1.807) is 0 Å². The van der Waals surface area contributed by atoms with Crippen molar-refractivity contribution in [2.45, 2.75) is 231 Å². The molecule has 0 heterocycles. The summed E-state index contributed by atoms with van der Waals surface area (Å²) in [5.41, 5.74) is 1.96. The molecule has 0 saturated heterocycles. The summed E-state index contributed by atoms with van der Waals surface area (Å²) in [7, 11) is 0. The zero-order chi connectivity index (χ0) is 42.3. The van der Waals surface area contributed by atoms with E-state index in [0.717, 1.165) is 101 Å². The van der Waals surface area contributed by atoms with E-state index in [1.165, 1.54) is 77.0 Å². The normalized spacial score (nSPS) is 13.1. The van der Waals surface area contributed by atoms with E-state index in [-0.39, 0.29) is 61.1 Å². The smallest absolute Gasteiger partial charge is 0.547 e. The number of rotatable bonds is 38. The standard InChI is InChI=1S/2C25H42O4.Ba/c2*1-2-16-23(26)19-14-9-7-5-3-4-6-8-10-15-20-24(25(27)28)29-21-22-17-12-11-13-18-22;/h2*11-13,17-18,23-24,26H,2-10,14-16,19-21H2,1H3,(H,27,28);/q;;+2/p-2. The average Bonchev–Trinajstić information content (AvgIpc) is 3.21. The molecule has 0 aliphatic rings. The maximum atomic E-state index is 11.3. The van der Waals surface area contributed by atoms with Crippen LogP contribution < -0.4 is 10.2 Å². The molecule has 2 aromatic rings. The fraction of sp³-hybridized carbons (Fsp3) is 0.720. The van der Waals surface area contributed by atoms with E-state index in [1.807, 2.05) is 60.7 Å². The molecule has 8 nitrogen and oxygen atoms in total. The Kier molecular flexibility index (Phi) is 41.2. The summed E-state index contributed by atoms with van der Waals surface area (Å²) in [6, 6.07) is 19.3. The first kappa shape index (κ1) is 57.8. The molecule has 0 aromatic heterocycles. The van der Waals surface area contributed by atoms with E-state index in [2.05, 4.69) is 13.8 Å². The van der Waals surface area contributed by atoms with Crippen molar-refractivity contribution in [2.75, 3.05) is 0 Å². The number of aliphatic hydroxyl groups excluding tert-OH is 2. The molecule has 9 heteroatoms. The first-order chi connectivity index (χ1) is 28.3. The third-order valence-corrected chi connectivity index (χ3v) is 10.9. The molecule has 2 rings (SSSR count). The number of benzene rings is 2. The zero-order valence-corrected chi connectivity index (χ0v) is 41.8. The second kappa shape index (κ2) is 42.1. The minimum Gasteiger partial charge on any atom is -0.547 e. The molecule has 0 saturated carbocycles. The fourth-order valence-corrected chi connectivity index (χ4v) is 7.28. The summed E-state index contributed by atoms with van der Waals surface area (Å²) in [6.07, 6.45) is 28.6. The van der Waals surface area contributed by atoms with E-state index >= 15 is 0 Å². The Morgan fingerprint density at radius 1 is 0.441 bits per heavy atom. The van der Waals surface area contributed by atoms with Crippen molar-refractivity contribution in [3.05, 3.63) is 71.8 Å². The number of aliphatic carboxylic acids is 2. The van der Waals surface area contributed by atoms with Gasteiger partial charge < -0.3 is 39.5 Å². The zero-order valence-electron chi connectivity index (χ0n) is 37.3. The van der Waals surface area contributed by atoms with Crippen LogP contribution in [0, 0.1) is 0 Å². The van der Waals surface area contributed by atoms with Crippen molar-refractivity contribution in [3.8, 4) is 0 Å². The summed E-state index contributed by atoms with van der Waals surface area (Å²) in [6.45, 7) is 4.86. The van der Waals surface area contributed by atoms with Gasteiger partial charge in [0.15, 0.2) is 0 Å². The molecule has 0 amide bonds. The van der Waals surface area contributed by atoms with Crippen molar-refractivity contribution in [2.24, 2.45) is 0 Å². The number of carboxylic acid groups (broad SMARTS) is 2. The molecule has 2 N–H and O–H groups in total. The van der Waals surface area contributed by atoms with Crippen molar-refractivity contribution in [1.82, 2.24) is 0 Å². The van der Waals surface area contributed by atoms with Crippen LogP contribution in [-0.2, 0) is 32.3 Å². The van der Waals surface area contributed by atoms with Crippen LogP contribution in [0.2, 0.25) is 0 Å². The van der Waals surface area contributed by atoms with E-state index in [0.29, 0.717) is 26.1 Å². The van der Waals surface area contributed by atoms with Gasteiger partial charge in [-0.05, 0) is 49.7 Å². The number of carboxylic acids is 2. The van der Waals surface area contributed by atoms with Crippen LogP contribution in [0.25, 0.3) is 0 Å². The Balaban J connectivity index is 0.00000112. The Labute approximate surface area is 400 Å². The number of unbranched alkanes of at least 4 members (excludes halogenated alkanes) is 18. The number of hydrogen-bond donors (Lipinski definition) is 2. The van der Waals surface area contributed by atoms with E-state index in [9.17, 15) is 30.0 Å². The minimum atomic E-state index is -1.11. The average molecular weight is 949 g/mol. The quantitative estimate of drug-likeness (QED) is 0.0501. The predicted molar refractivity (Wildman–Crippen MR) is 238 cm³/mol. The van der Waals surface area contributed by atoms with Gasteiger partial charge in [-0.2, -0.15) is 0 Å². The monoisotopic (exact) mass is 949 g/mol. The molecular formula is C50H82BaO8. The summed E-state index contributed by atoms with van der Waals surface area (Å²) < 4.78 is 11.1. The predicted octanol–water partition coefficient (Wildman–Crippen LogP) is 9.95. The number of hydrogen-bond acceptors (Lipinski definition) is 8. The van der Waals surface area contributed by atoms with Crippen LogP contribution in [-0.4, -0.2) is 95.4 Å². The topological polar surface area (TPSA) is 139 Å². The van der Waals surface area contributed by atoms with Crippen molar-refractivity contribution < 1.29 is 39.5 Å². The van der Waals surface area contributed by atoms with Crippen molar-refractivity contribution >= 4 is 60.8 Å². The van der Waals surface area contributed by atoms with Crippen LogP contribution in [0.5, 0.6) is 0 Å². The third-order valence-electron chi connectivity index (χ3n) is 10.9. The molecule has 0 spiro atoms. The van der Waals surface area contributed by atoms with Gasteiger partial charge in [0, 0.05) is 0 Å². The largest absolute Gasteiger partial charge is 2.00 e. The van der Waals surface area contributed by atoms with Gasteiger partial charge in [-0.1, -0.05) is 216 Å². The first-order valence-corrected chi connectivity index (χ1v) is 23.4. The molecule has 0 bridgehead atoms. The van der Waals surface area contributed by atoms with Gasteiger partial charge in [-0.25, -0.2) is 0 Å². The molecule has 332 valence electrons. The summed E-state index contributed by atoms with van der Waals surface area (Å²) >= 11 is 0. The van der Waals surface area contributed by atoms with Crippen LogP contribution in [0.4, 0.5) is 0 Å². The first-order valence-electron chi connectivity index (χ1n) is 23.4. The molecule has 0 fully saturated rings. The minimum absolute atomic E-state index is 0. The van der Waals surface area contributed by atoms with Gasteiger partial charge in [0.2, 0.25) is 0 Å². The summed E-state index contributed by atoms with van der Waals surface area (Å²) in [4.78, 5) is 22.5. The van der Waals surface area contributed by atoms with Crippen LogP contribution in [0.1, 0.15) is 205 Å². The molecule has 59 heavy (non-hydrogen) atoms. The van der Waals surface area contributed by atoms with Crippen LogP contribution in [0.3, 0.4) is 0 Å². The molecule has 4 atom stereocenters. The number of aliphatic hydroxyl groups is 2. The molecule has 4 unspecified atom stereocenters. The van der Waals surface area contributed by atoms with Crippen molar-refractivity contribution in [3.63, 3.8) is 0 Å². The Morgan fingerprint density at radius 2 is 0.695 bits per heavy atom. The fourth-order valence-electron chi connectivity index (χ4n) is 7.28. The SMILES string of the molecule is CCCC(O)CCCCCCCCCCCCC(OCc1ccccc1)C(=O)[O-].CCCC(O)CCCCCCCCCCCCC(OCc1ccccc1)C(=O)[O-].[Ba+2]. The number of ether oxygens (including phenoxy) is 2. The summed E-state index contributed by atoms with van der Waals surface area (Å²) in [5, 5.41) is 41.9. The van der Waals surface area contributed by atoms with Gasteiger partial charge >= 0.3 is 48.9 Å². The molecule has 0 aliphatic carbocycles. The number of carbonyl (C=O) groups is 2. The molecule has 0 aliphatic heterocycles. The van der Waals surface area contributed by atoms with E-state index in [4.69, 9.17) is 9.47 Å². The van der Waals surface area contributed by atoms with Crippen LogP contribution >= 0.6 is 0 Å². The molecule has 2 aromatic carbocycles. The maximum Gasteiger partial charge on any atom is 2.00 e. The Hall–Kier alpha value is -1.21. The van der Waals surface area contributed by atoms with Gasteiger partial charge in [-0.3, -0.25) is 0 Å². The van der Waals surface area contributed by atoms with Gasteiger partial charge in [0.05, 0.1) is 49.6 Å². The van der Waals surface area contributed by atoms with Gasteiger partial charge in [0.1, 0.15) is 0 Å². The van der Waals surface area contributed by atoms with Gasteiger partial charge in [0.25, 0.3) is 0 Å². The maximum absolute atomic E-state index is 11.3. The third kappa shape index (κ3) is 36.0. The Morgan fingerprint density at radius 3 is 0.949 bits per heavy atom. The second-order valence-electron chi connectivity index (χ2n) is 16.3. The van der Waals surface area contributed by atoms with Crippen molar-refractivity contribution in [1.29, 1.82) is 0 Å². The summed E-state index contributed by atoms with van der Waals surface area (Å²) in [5.74, 6) is -2.22. The second-order valence-corrected chi connectivity index (χ2v) is 16.3. The van der Waals surface area contributed by atoms with Crippen LogP contribution in [0.15, 0.2) is 60.7 Å². The Bertz CT molecular complexity index is 1110. The van der Waals surface area contributed by atoms with Gasteiger partial charge in [-0.15, -0.1) is 0 Å². The number of carbonyl (C=O) groups excluding carboxylic acids is 2. The van der Waals surface area contributed by atoms with E-state index < -0.39 is 24.1 Å².